The molecule has 1 rings (SSSR count). The Balaban J connectivity index is 2.86. The number of carbonyl (C=O) groups excluding carboxylic acids is 1. The van der Waals surface area contributed by atoms with Crippen molar-refractivity contribution in [2.45, 2.75) is 25.6 Å². The number of carboxylic acids is 1. The summed E-state index contributed by atoms with van der Waals surface area (Å²) in [4.78, 5) is 22.3. The molecule has 0 spiro atoms. The van der Waals surface area contributed by atoms with Gasteiger partial charge in [0, 0.05) is 10.7 Å². The molecule has 0 radical (unpaired) electrons. The Hall–Kier alpha value is -1.96. The van der Waals surface area contributed by atoms with Crippen molar-refractivity contribution < 1.29 is 27.9 Å². The van der Waals surface area contributed by atoms with Gasteiger partial charge in [-0.25, -0.2) is 9.59 Å². The van der Waals surface area contributed by atoms with Gasteiger partial charge >= 0.3 is 18.2 Å². The van der Waals surface area contributed by atoms with Crippen molar-refractivity contribution in [1.29, 1.82) is 0 Å². The number of hydrogen-bond acceptors (Lipinski definition) is 2. The van der Waals surface area contributed by atoms with E-state index in [-0.39, 0.29) is 17.1 Å². The molecule has 2 amide bonds. The van der Waals surface area contributed by atoms with Gasteiger partial charge in [-0.15, -0.1) is 0 Å². The molecular formula is C12H12ClF3N2O3. The molecule has 3 N–H and O–H groups in total. The van der Waals surface area contributed by atoms with Crippen molar-refractivity contribution in [3.05, 3.63) is 28.8 Å². The Bertz CT molecular complexity index is 549. The Labute approximate surface area is 123 Å². The summed E-state index contributed by atoms with van der Waals surface area (Å²) in [6.07, 6.45) is -4.48. The van der Waals surface area contributed by atoms with Crippen molar-refractivity contribution in [2.24, 2.45) is 0 Å². The fourth-order valence-corrected chi connectivity index (χ4v) is 1.72. The number of anilines is 1. The monoisotopic (exact) mass is 324 g/mol. The Morgan fingerprint density at radius 2 is 1.95 bits per heavy atom. The van der Waals surface area contributed by atoms with Crippen LogP contribution in [0.1, 0.15) is 18.9 Å². The van der Waals surface area contributed by atoms with Gasteiger partial charge in [-0.05, 0) is 24.6 Å². The minimum absolute atomic E-state index is 0.131. The second-order valence-corrected chi connectivity index (χ2v) is 4.56. The van der Waals surface area contributed by atoms with Crippen LogP contribution in [0.5, 0.6) is 0 Å². The topological polar surface area (TPSA) is 78.4 Å². The first-order valence-corrected chi connectivity index (χ1v) is 6.19. The normalized spacial score (nSPS) is 12.6. The average molecular weight is 325 g/mol. The summed E-state index contributed by atoms with van der Waals surface area (Å²) in [5.41, 5.74) is -1.21. The van der Waals surface area contributed by atoms with Gasteiger partial charge in [0.15, 0.2) is 0 Å². The number of carbonyl (C=O) groups is 2. The quantitative estimate of drug-likeness (QED) is 0.794. The highest BCUT2D eigenvalue weighted by Crippen LogP contribution is 2.33. The lowest BCUT2D eigenvalue weighted by atomic mass is 10.2. The van der Waals surface area contributed by atoms with Gasteiger partial charge in [0.1, 0.15) is 6.04 Å². The van der Waals surface area contributed by atoms with Crippen LogP contribution in [-0.2, 0) is 11.0 Å². The summed E-state index contributed by atoms with van der Waals surface area (Å²) in [5.74, 6) is -1.24. The van der Waals surface area contributed by atoms with E-state index in [2.05, 4.69) is 10.6 Å². The Morgan fingerprint density at radius 3 is 2.43 bits per heavy atom. The minimum Gasteiger partial charge on any atom is -0.480 e. The molecule has 1 atom stereocenters. The maximum absolute atomic E-state index is 12.6. The average Bonchev–Trinajstić information content (AvgIpc) is 2.33. The predicted molar refractivity (Wildman–Crippen MR) is 70.3 cm³/mol. The zero-order valence-electron chi connectivity index (χ0n) is 10.8. The van der Waals surface area contributed by atoms with E-state index in [1.54, 1.807) is 6.92 Å². The molecule has 0 fully saturated rings. The number of alkyl halides is 3. The number of benzene rings is 1. The largest absolute Gasteiger partial charge is 0.480 e. The second kappa shape index (κ2) is 6.66. The molecule has 0 aromatic heterocycles. The molecule has 0 saturated heterocycles. The third-order valence-electron chi connectivity index (χ3n) is 2.49. The first-order valence-electron chi connectivity index (χ1n) is 5.81. The van der Waals surface area contributed by atoms with Gasteiger partial charge in [-0.2, -0.15) is 13.2 Å². The zero-order valence-corrected chi connectivity index (χ0v) is 11.5. The van der Waals surface area contributed by atoms with Gasteiger partial charge in [0.2, 0.25) is 0 Å². The molecule has 21 heavy (non-hydrogen) atoms. The summed E-state index contributed by atoms with van der Waals surface area (Å²) in [5, 5.41) is 12.8. The Kier molecular flexibility index (Phi) is 5.42. The number of hydrogen-bond donors (Lipinski definition) is 3. The number of urea groups is 1. The van der Waals surface area contributed by atoms with Crippen LogP contribution in [0.2, 0.25) is 5.02 Å². The number of halogens is 4. The molecule has 0 aliphatic rings. The van der Waals surface area contributed by atoms with E-state index in [0.29, 0.717) is 6.07 Å². The molecule has 0 saturated carbocycles. The number of aliphatic carboxylic acids is 1. The van der Waals surface area contributed by atoms with Crippen LogP contribution in [-0.4, -0.2) is 23.1 Å². The molecule has 1 aromatic rings. The van der Waals surface area contributed by atoms with Gasteiger partial charge in [-0.3, -0.25) is 0 Å². The summed E-state index contributed by atoms with van der Waals surface area (Å²) < 4.78 is 37.8. The highest BCUT2D eigenvalue weighted by Gasteiger charge is 2.31. The van der Waals surface area contributed by atoms with Crippen LogP contribution in [0, 0.1) is 0 Å². The van der Waals surface area contributed by atoms with Gasteiger partial charge in [0.25, 0.3) is 0 Å². The van der Waals surface area contributed by atoms with Gasteiger partial charge in [-0.1, -0.05) is 18.5 Å². The van der Waals surface area contributed by atoms with Crippen LogP contribution in [0.25, 0.3) is 0 Å². The second-order valence-electron chi connectivity index (χ2n) is 4.12. The van der Waals surface area contributed by atoms with E-state index in [1.807, 2.05) is 0 Å². The smallest absolute Gasteiger partial charge is 0.416 e. The van der Waals surface area contributed by atoms with Crippen molar-refractivity contribution in [3.8, 4) is 0 Å². The SMILES string of the molecule is CC[C@@H](NC(=O)Nc1cc(Cl)cc(C(F)(F)F)c1)C(=O)O. The van der Waals surface area contributed by atoms with Gasteiger partial charge in [0.05, 0.1) is 5.56 Å². The molecule has 0 aliphatic carbocycles. The van der Waals surface area contributed by atoms with Crippen LogP contribution >= 0.6 is 11.6 Å². The lowest BCUT2D eigenvalue weighted by Crippen LogP contribution is -2.42. The van der Waals surface area contributed by atoms with E-state index in [4.69, 9.17) is 16.7 Å². The number of rotatable bonds is 4. The molecule has 1 aromatic carbocycles. The van der Waals surface area contributed by atoms with Crippen LogP contribution < -0.4 is 10.6 Å². The summed E-state index contributed by atoms with van der Waals surface area (Å²) in [6, 6.07) is 0.480. The van der Waals surface area contributed by atoms with Crippen molar-refractivity contribution in [1.82, 2.24) is 5.32 Å². The molecule has 0 aliphatic heterocycles. The van der Waals surface area contributed by atoms with Crippen molar-refractivity contribution in [2.75, 3.05) is 5.32 Å². The molecule has 116 valence electrons. The van der Waals surface area contributed by atoms with E-state index in [9.17, 15) is 22.8 Å². The summed E-state index contributed by atoms with van der Waals surface area (Å²) in [6.45, 7) is 1.54. The third-order valence-corrected chi connectivity index (χ3v) is 2.71. The zero-order chi connectivity index (χ0) is 16.2. The molecule has 0 unspecified atom stereocenters. The first-order chi connectivity index (χ1) is 9.63. The molecular weight excluding hydrogens is 313 g/mol. The lowest BCUT2D eigenvalue weighted by molar-refractivity contribution is -0.139. The predicted octanol–water partition coefficient (Wildman–Crippen LogP) is 3.34. The van der Waals surface area contributed by atoms with Crippen LogP contribution in [0.3, 0.4) is 0 Å². The molecule has 0 bridgehead atoms. The fourth-order valence-electron chi connectivity index (χ4n) is 1.49. The molecule has 9 heteroatoms. The lowest BCUT2D eigenvalue weighted by Gasteiger charge is -2.14. The fraction of sp³-hybridized carbons (Fsp3) is 0.333. The van der Waals surface area contributed by atoms with E-state index < -0.39 is 29.8 Å². The Morgan fingerprint density at radius 1 is 1.33 bits per heavy atom. The van der Waals surface area contributed by atoms with Crippen LogP contribution in [0.4, 0.5) is 23.7 Å². The minimum atomic E-state index is -4.61. The number of carboxylic acid groups (broad SMARTS) is 1. The number of amides is 2. The molecule has 0 heterocycles. The van der Waals surface area contributed by atoms with Crippen molar-refractivity contribution >= 4 is 29.3 Å². The molecule has 5 nitrogen and oxygen atoms in total. The third kappa shape index (κ3) is 5.14. The highest BCUT2D eigenvalue weighted by molar-refractivity contribution is 6.31. The summed E-state index contributed by atoms with van der Waals surface area (Å²) in [7, 11) is 0. The van der Waals surface area contributed by atoms with Crippen molar-refractivity contribution in [3.63, 3.8) is 0 Å². The van der Waals surface area contributed by atoms with E-state index in [1.165, 1.54) is 0 Å². The first kappa shape index (κ1) is 17.1. The van der Waals surface area contributed by atoms with E-state index in [0.717, 1.165) is 12.1 Å². The maximum atomic E-state index is 12.6. The van der Waals surface area contributed by atoms with E-state index >= 15 is 0 Å². The standard InChI is InChI=1S/C12H12ClF3N2O3/c1-2-9(10(19)20)18-11(21)17-8-4-6(12(14,15)16)3-7(13)5-8/h3-5,9H,2H2,1H3,(H,19,20)(H2,17,18,21)/t9-/m1/s1. The summed E-state index contributed by atoms with van der Waals surface area (Å²) >= 11 is 5.56. The highest BCUT2D eigenvalue weighted by atomic mass is 35.5. The van der Waals surface area contributed by atoms with Crippen LogP contribution in [0.15, 0.2) is 18.2 Å². The maximum Gasteiger partial charge on any atom is 0.416 e. The number of nitrogens with one attached hydrogen (secondary N) is 2. The van der Waals surface area contributed by atoms with Gasteiger partial charge < -0.3 is 15.7 Å².